The molecule has 0 unspecified atom stereocenters. The molecule has 2 heterocycles. The molecule has 2 rings (SSSR count). The van der Waals surface area contributed by atoms with Gasteiger partial charge < -0.3 is 14.7 Å². The van der Waals surface area contributed by atoms with Gasteiger partial charge in [-0.05, 0) is 18.6 Å². The molecule has 1 fully saturated rings. The SMILES string of the molecule is O=C(O)c1cc(C(=O)N2CCCOCC2)ccn1. The van der Waals surface area contributed by atoms with Crippen molar-refractivity contribution in [1.82, 2.24) is 9.88 Å². The minimum atomic E-state index is -1.14. The van der Waals surface area contributed by atoms with Crippen molar-refractivity contribution in [2.24, 2.45) is 0 Å². The topological polar surface area (TPSA) is 79.7 Å². The first kappa shape index (κ1) is 12.5. The van der Waals surface area contributed by atoms with Crippen LogP contribution in [0.1, 0.15) is 27.3 Å². The summed E-state index contributed by atoms with van der Waals surface area (Å²) in [6.45, 7) is 2.33. The number of nitrogens with zero attached hydrogens (tertiary/aromatic N) is 2. The van der Waals surface area contributed by atoms with Crippen LogP contribution in [-0.4, -0.2) is 53.2 Å². The second-order valence-corrected chi connectivity index (χ2v) is 3.99. The lowest BCUT2D eigenvalue weighted by Crippen LogP contribution is -2.33. The molecule has 1 aliphatic rings. The summed E-state index contributed by atoms with van der Waals surface area (Å²) < 4.78 is 5.27. The summed E-state index contributed by atoms with van der Waals surface area (Å²) in [5.74, 6) is -1.31. The average molecular weight is 250 g/mol. The lowest BCUT2D eigenvalue weighted by molar-refractivity contribution is 0.0690. The zero-order valence-electron chi connectivity index (χ0n) is 9.83. The zero-order chi connectivity index (χ0) is 13.0. The van der Waals surface area contributed by atoms with Gasteiger partial charge in [0.2, 0.25) is 0 Å². The van der Waals surface area contributed by atoms with Crippen LogP contribution in [0.2, 0.25) is 0 Å². The number of carbonyl (C=O) groups excluding carboxylic acids is 1. The molecule has 18 heavy (non-hydrogen) atoms. The van der Waals surface area contributed by atoms with E-state index in [1.807, 2.05) is 0 Å². The number of aromatic carboxylic acids is 1. The lowest BCUT2D eigenvalue weighted by atomic mass is 10.2. The third-order valence-corrected chi connectivity index (χ3v) is 2.74. The summed E-state index contributed by atoms with van der Waals surface area (Å²) >= 11 is 0. The molecule has 1 saturated heterocycles. The summed E-state index contributed by atoms with van der Waals surface area (Å²) in [4.78, 5) is 28.3. The normalized spacial score (nSPS) is 16.1. The molecule has 1 N–H and O–H groups in total. The second-order valence-electron chi connectivity index (χ2n) is 3.99. The predicted molar refractivity (Wildman–Crippen MR) is 62.5 cm³/mol. The molecule has 0 atom stereocenters. The van der Waals surface area contributed by atoms with E-state index in [-0.39, 0.29) is 11.6 Å². The van der Waals surface area contributed by atoms with E-state index in [1.165, 1.54) is 18.3 Å². The molecule has 0 saturated carbocycles. The van der Waals surface area contributed by atoms with Gasteiger partial charge in [0.25, 0.3) is 5.91 Å². The highest BCUT2D eigenvalue weighted by molar-refractivity contribution is 5.96. The van der Waals surface area contributed by atoms with E-state index in [9.17, 15) is 9.59 Å². The standard InChI is InChI=1S/C12H14N2O4/c15-11(14-4-1-6-18-7-5-14)9-2-3-13-10(8-9)12(16)17/h2-3,8H,1,4-7H2,(H,16,17). The smallest absolute Gasteiger partial charge is 0.354 e. The molecule has 6 nitrogen and oxygen atoms in total. The molecule has 0 aliphatic carbocycles. The molecule has 0 bridgehead atoms. The first-order valence-corrected chi connectivity index (χ1v) is 5.75. The number of hydrogen-bond donors (Lipinski definition) is 1. The van der Waals surface area contributed by atoms with Crippen molar-refractivity contribution in [2.75, 3.05) is 26.3 Å². The molecule has 0 radical (unpaired) electrons. The van der Waals surface area contributed by atoms with Crippen LogP contribution in [0.25, 0.3) is 0 Å². The summed E-state index contributed by atoms with van der Waals surface area (Å²) in [6.07, 6.45) is 2.13. The van der Waals surface area contributed by atoms with Gasteiger partial charge in [0.15, 0.2) is 0 Å². The molecule has 1 aromatic heterocycles. The monoisotopic (exact) mass is 250 g/mol. The Kier molecular flexibility index (Phi) is 3.88. The van der Waals surface area contributed by atoms with Gasteiger partial charge in [-0.1, -0.05) is 0 Å². The average Bonchev–Trinajstić information content (AvgIpc) is 2.67. The lowest BCUT2D eigenvalue weighted by Gasteiger charge is -2.19. The fraction of sp³-hybridized carbons (Fsp3) is 0.417. The minimum absolute atomic E-state index is 0.119. The van der Waals surface area contributed by atoms with Crippen molar-refractivity contribution in [3.8, 4) is 0 Å². The highest BCUT2D eigenvalue weighted by Gasteiger charge is 2.18. The predicted octanol–water partition coefficient (Wildman–Crippen LogP) is 0.642. The Labute approximate surface area is 104 Å². The number of aromatic nitrogens is 1. The van der Waals surface area contributed by atoms with Gasteiger partial charge in [-0.15, -0.1) is 0 Å². The molecule has 1 amide bonds. The Bertz CT molecular complexity index is 453. The fourth-order valence-corrected chi connectivity index (χ4v) is 1.81. The van der Waals surface area contributed by atoms with Crippen LogP contribution >= 0.6 is 0 Å². The number of hydrogen-bond acceptors (Lipinski definition) is 4. The van der Waals surface area contributed by atoms with Crippen LogP contribution in [0, 0.1) is 0 Å². The van der Waals surface area contributed by atoms with Crippen LogP contribution in [-0.2, 0) is 4.74 Å². The van der Waals surface area contributed by atoms with Crippen LogP contribution in [0.4, 0.5) is 0 Å². The van der Waals surface area contributed by atoms with Gasteiger partial charge in [-0.25, -0.2) is 9.78 Å². The zero-order valence-corrected chi connectivity index (χ0v) is 9.83. The minimum Gasteiger partial charge on any atom is -0.477 e. The fourth-order valence-electron chi connectivity index (χ4n) is 1.81. The molecule has 0 spiro atoms. The third kappa shape index (κ3) is 2.84. The van der Waals surface area contributed by atoms with Gasteiger partial charge in [-0.3, -0.25) is 4.79 Å². The number of rotatable bonds is 2. The summed E-state index contributed by atoms with van der Waals surface area (Å²) in [7, 11) is 0. The summed E-state index contributed by atoms with van der Waals surface area (Å²) in [6, 6.07) is 2.83. The van der Waals surface area contributed by atoms with Crippen molar-refractivity contribution in [2.45, 2.75) is 6.42 Å². The largest absolute Gasteiger partial charge is 0.477 e. The van der Waals surface area contributed by atoms with E-state index in [2.05, 4.69) is 4.98 Å². The van der Waals surface area contributed by atoms with Crippen molar-refractivity contribution < 1.29 is 19.4 Å². The Morgan fingerprint density at radius 2 is 2.17 bits per heavy atom. The number of carboxylic acid groups (broad SMARTS) is 1. The van der Waals surface area contributed by atoms with E-state index in [4.69, 9.17) is 9.84 Å². The Hall–Kier alpha value is -1.95. The van der Waals surface area contributed by atoms with Crippen LogP contribution in [0.3, 0.4) is 0 Å². The van der Waals surface area contributed by atoms with Crippen LogP contribution in [0.15, 0.2) is 18.3 Å². The second kappa shape index (κ2) is 5.59. The maximum absolute atomic E-state index is 12.2. The quantitative estimate of drug-likeness (QED) is 0.833. The maximum Gasteiger partial charge on any atom is 0.354 e. The number of pyridine rings is 1. The number of amides is 1. The van der Waals surface area contributed by atoms with Gasteiger partial charge in [0, 0.05) is 31.5 Å². The van der Waals surface area contributed by atoms with Gasteiger partial charge in [0.1, 0.15) is 5.69 Å². The molecular weight excluding hydrogens is 236 g/mol. The van der Waals surface area contributed by atoms with E-state index < -0.39 is 5.97 Å². The van der Waals surface area contributed by atoms with Crippen LogP contribution < -0.4 is 0 Å². The number of carboxylic acids is 1. The Balaban J connectivity index is 2.16. The van der Waals surface area contributed by atoms with Gasteiger partial charge >= 0.3 is 5.97 Å². The molecule has 1 aliphatic heterocycles. The Morgan fingerprint density at radius 3 is 2.94 bits per heavy atom. The summed E-state index contributed by atoms with van der Waals surface area (Å²) in [5, 5.41) is 8.84. The summed E-state index contributed by atoms with van der Waals surface area (Å²) in [5.41, 5.74) is 0.233. The molecule has 6 heteroatoms. The molecule has 1 aromatic rings. The van der Waals surface area contributed by atoms with Crippen molar-refractivity contribution in [3.05, 3.63) is 29.6 Å². The van der Waals surface area contributed by atoms with Crippen molar-refractivity contribution in [1.29, 1.82) is 0 Å². The van der Waals surface area contributed by atoms with E-state index in [0.29, 0.717) is 31.9 Å². The van der Waals surface area contributed by atoms with Crippen LogP contribution in [0.5, 0.6) is 0 Å². The maximum atomic E-state index is 12.2. The highest BCUT2D eigenvalue weighted by atomic mass is 16.5. The third-order valence-electron chi connectivity index (χ3n) is 2.74. The molecular formula is C12H14N2O4. The first-order valence-electron chi connectivity index (χ1n) is 5.75. The van der Waals surface area contributed by atoms with E-state index in [0.717, 1.165) is 6.42 Å². The molecule has 96 valence electrons. The first-order chi connectivity index (χ1) is 8.68. The van der Waals surface area contributed by atoms with Crippen molar-refractivity contribution >= 4 is 11.9 Å². The Morgan fingerprint density at radius 1 is 1.33 bits per heavy atom. The van der Waals surface area contributed by atoms with E-state index in [1.54, 1.807) is 4.90 Å². The van der Waals surface area contributed by atoms with Gasteiger partial charge in [-0.2, -0.15) is 0 Å². The van der Waals surface area contributed by atoms with Crippen molar-refractivity contribution in [3.63, 3.8) is 0 Å². The number of carbonyl (C=O) groups is 2. The highest BCUT2D eigenvalue weighted by Crippen LogP contribution is 2.09. The number of ether oxygens (including phenoxy) is 1. The van der Waals surface area contributed by atoms with Gasteiger partial charge in [0.05, 0.1) is 6.61 Å². The molecule has 0 aromatic carbocycles. The van der Waals surface area contributed by atoms with E-state index >= 15 is 0 Å².